The predicted molar refractivity (Wildman–Crippen MR) is 102 cm³/mol. The molecule has 2 rings (SSSR count). The molecule has 25 heavy (non-hydrogen) atoms. The van der Waals surface area contributed by atoms with E-state index in [1.54, 1.807) is 24.8 Å². The van der Waals surface area contributed by atoms with Gasteiger partial charge >= 0.3 is 0 Å². The van der Waals surface area contributed by atoms with Crippen LogP contribution >= 0.6 is 11.8 Å². The highest BCUT2D eigenvalue weighted by atomic mass is 32.2. The Kier molecular flexibility index (Phi) is 6.64. The topological polar surface area (TPSA) is 75.3 Å². The summed E-state index contributed by atoms with van der Waals surface area (Å²) in [5.74, 6) is 0.470. The van der Waals surface area contributed by atoms with E-state index in [4.69, 9.17) is 0 Å². The van der Waals surface area contributed by atoms with Crippen molar-refractivity contribution in [2.75, 3.05) is 19.3 Å². The van der Waals surface area contributed by atoms with Crippen LogP contribution in [-0.4, -0.2) is 33.7 Å². The van der Waals surface area contributed by atoms with Crippen molar-refractivity contribution < 1.29 is 13.2 Å². The van der Waals surface area contributed by atoms with E-state index in [1.165, 1.54) is 24.7 Å². The number of nitrogens with one attached hydrogen (secondary N) is 2. The zero-order valence-electron chi connectivity index (χ0n) is 14.5. The Morgan fingerprint density at radius 3 is 2.40 bits per heavy atom. The fourth-order valence-electron chi connectivity index (χ4n) is 2.19. The predicted octanol–water partition coefficient (Wildman–Crippen LogP) is 2.73. The average molecular weight is 379 g/mol. The Labute approximate surface area is 153 Å². The van der Waals surface area contributed by atoms with Gasteiger partial charge in [-0.25, -0.2) is 13.1 Å². The number of hydrogen-bond acceptors (Lipinski definition) is 4. The molecular weight excluding hydrogens is 356 g/mol. The van der Waals surface area contributed by atoms with Crippen molar-refractivity contribution in [2.24, 2.45) is 0 Å². The molecule has 0 bridgehead atoms. The Balaban J connectivity index is 1.96. The summed E-state index contributed by atoms with van der Waals surface area (Å²) in [7, 11) is -2.23. The average Bonchev–Trinajstić information content (AvgIpc) is 2.60. The SMILES string of the molecule is CNS(=O)(=O)c1ccc(C)c(C(=O)NCCSc2ccc(C)cc2)c1. The third kappa shape index (κ3) is 5.32. The second kappa shape index (κ2) is 8.51. The highest BCUT2D eigenvalue weighted by molar-refractivity contribution is 7.99. The van der Waals surface area contributed by atoms with Gasteiger partial charge < -0.3 is 5.32 Å². The zero-order chi connectivity index (χ0) is 18.4. The number of aryl methyl sites for hydroxylation is 2. The van der Waals surface area contributed by atoms with Crippen LogP contribution in [0.1, 0.15) is 21.5 Å². The lowest BCUT2D eigenvalue weighted by atomic mass is 10.1. The lowest BCUT2D eigenvalue weighted by Crippen LogP contribution is -2.27. The number of amides is 1. The van der Waals surface area contributed by atoms with E-state index in [2.05, 4.69) is 34.3 Å². The Morgan fingerprint density at radius 2 is 1.76 bits per heavy atom. The maximum absolute atomic E-state index is 12.4. The summed E-state index contributed by atoms with van der Waals surface area (Å²) in [5.41, 5.74) is 2.32. The molecule has 7 heteroatoms. The quantitative estimate of drug-likeness (QED) is 0.574. The maximum atomic E-state index is 12.4. The molecule has 2 N–H and O–H groups in total. The second-order valence-electron chi connectivity index (χ2n) is 5.60. The molecule has 0 heterocycles. The number of thioether (sulfide) groups is 1. The number of rotatable bonds is 7. The normalized spacial score (nSPS) is 11.3. The Hall–Kier alpha value is -1.83. The molecule has 0 aliphatic heterocycles. The van der Waals surface area contributed by atoms with Gasteiger partial charge in [-0.15, -0.1) is 11.8 Å². The summed E-state index contributed by atoms with van der Waals surface area (Å²) in [5, 5.41) is 2.84. The van der Waals surface area contributed by atoms with Gasteiger partial charge in [-0.1, -0.05) is 23.8 Å². The molecular formula is C18H22N2O3S2. The highest BCUT2D eigenvalue weighted by Gasteiger charge is 2.16. The minimum atomic E-state index is -3.57. The van der Waals surface area contributed by atoms with Gasteiger partial charge in [0, 0.05) is 22.8 Å². The van der Waals surface area contributed by atoms with E-state index in [0.29, 0.717) is 12.1 Å². The zero-order valence-corrected chi connectivity index (χ0v) is 16.1. The number of carbonyl (C=O) groups is 1. The first-order valence-corrected chi connectivity index (χ1v) is 10.3. The first-order valence-electron chi connectivity index (χ1n) is 7.85. The number of benzene rings is 2. The van der Waals surface area contributed by atoms with Gasteiger partial charge in [-0.2, -0.15) is 0 Å². The van der Waals surface area contributed by atoms with Crippen LogP contribution in [0.5, 0.6) is 0 Å². The lowest BCUT2D eigenvalue weighted by Gasteiger charge is -2.10. The molecule has 0 aliphatic carbocycles. The van der Waals surface area contributed by atoms with Crippen molar-refractivity contribution in [3.63, 3.8) is 0 Å². The summed E-state index contributed by atoms with van der Waals surface area (Å²) in [6.07, 6.45) is 0. The molecule has 2 aromatic rings. The van der Waals surface area contributed by atoms with E-state index in [1.807, 2.05) is 6.92 Å². The van der Waals surface area contributed by atoms with E-state index >= 15 is 0 Å². The standard InChI is InChI=1S/C18H22N2O3S2/c1-13-4-7-15(8-5-13)24-11-10-20-18(21)17-12-16(9-6-14(17)2)25(22,23)19-3/h4-9,12,19H,10-11H2,1-3H3,(H,20,21). The van der Waals surface area contributed by atoms with E-state index < -0.39 is 10.0 Å². The van der Waals surface area contributed by atoms with Gasteiger partial charge in [0.15, 0.2) is 0 Å². The molecule has 0 radical (unpaired) electrons. The summed E-state index contributed by atoms with van der Waals surface area (Å²) in [6, 6.07) is 12.8. The lowest BCUT2D eigenvalue weighted by molar-refractivity contribution is 0.0955. The molecule has 0 saturated carbocycles. The third-order valence-corrected chi connectivity index (χ3v) is 6.14. The molecule has 2 aromatic carbocycles. The largest absolute Gasteiger partial charge is 0.351 e. The fraction of sp³-hybridized carbons (Fsp3) is 0.278. The van der Waals surface area contributed by atoms with Gasteiger partial charge in [-0.3, -0.25) is 4.79 Å². The van der Waals surface area contributed by atoms with Crippen molar-refractivity contribution >= 4 is 27.7 Å². The van der Waals surface area contributed by atoms with Crippen LogP contribution in [0, 0.1) is 13.8 Å². The molecule has 0 atom stereocenters. The van der Waals surface area contributed by atoms with E-state index in [9.17, 15) is 13.2 Å². The Bertz CT molecular complexity index is 847. The molecule has 0 aromatic heterocycles. The monoisotopic (exact) mass is 378 g/mol. The third-order valence-electron chi connectivity index (χ3n) is 3.71. The van der Waals surface area contributed by atoms with E-state index in [-0.39, 0.29) is 10.8 Å². The number of hydrogen-bond donors (Lipinski definition) is 2. The maximum Gasteiger partial charge on any atom is 0.251 e. The molecule has 5 nitrogen and oxygen atoms in total. The van der Waals surface area contributed by atoms with Crippen LogP contribution in [0.25, 0.3) is 0 Å². The van der Waals surface area contributed by atoms with Crippen LogP contribution in [0.3, 0.4) is 0 Å². The molecule has 0 unspecified atom stereocenters. The van der Waals surface area contributed by atoms with Crippen LogP contribution < -0.4 is 10.0 Å². The molecule has 0 saturated heterocycles. The number of sulfonamides is 1. The minimum absolute atomic E-state index is 0.0831. The minimum Gasteiger partial charge on any atom is -0.351 e. The first kappa shape index (κ1) is 19.5. The van der Waals surface area contributed by atoms with Gasteiger partial charge in [0.25, 0.3) is 5.91 Å². The van der Waals surface area contributed by atoms with Crippen molar-refractivity contribution in [3.05, 3.63) is 59.2 Å². The smallest absolute Gasteiger partial charge is 0.251 e. The van der Waals surface area contributed by atoms with Crippen LogP contribution in [0.4, 0.5) is 0 Å². The van der Waals surface area contributed by atoms with Crippen molar-refractivity contribution in [1.29, 1.82) is 0 Å². The molecule has 0 aliphatic rings. The summed E-state index contributed by atoms with van der Waals surface area (Å²) in [4.78, 5) is 13.6. The van der Waals surface area contributed by atoms with Gasteiger partial charge in [0.1, 0.15) is 0 Å². The van der Waals surface area contributed by atoms with Crippen LogP contribution in [0.2, 0.25) is 0 Å². The van der Waals surface area contributed by atoms with Crippen molar-refractivity contribution in [2.45, 2.75) is 23.6 Å². The summed E-state index contributed by atoms with van der Waals surface area (Å²) in [6.45, 7) is 4.32. The molecule has 0 fully saturated rings. The van der Waals surface area contributed by atoms with Crippen LogP contribution in [0.15, 0.2) is 52.3 Å². The van der Waals surface area contributed by atoms with Gasteiger partial charge in [0.2, 0.25) is 10.0 Å². The summed E-state index contributed by atoms with van der Waals surface area (Å²) < 4.78 is 26.0. The summed E-state index contributed by atoms with van der Waals surface area (Å²) >= 11 is 1.66. The van der Waals surface area contributed by atoms with E-state index in [0.717, 1.165) is 16.2 Å². The van der Waals surface area contributed by atoms with Crippen molar-refractivity contribution in [1.82, 2.24) is 10.0 Å². The van der Waals surface area contributed by atoms with Gasteiger partial charge in [0.05, 0.1) is 4.90 Å². The second-order valence-corrected chi connectivity index (χ2v) is 8.66. The molecule has 0 spiro atoms. The first-order chi connectivity index (χ1) is 11.8. The molecule has 134 valence electrons. The fourth-order valence-corrected chi connectivity index (χ4v) is 3.72. The molecule has 1 amide bonds. The van der Waals surface area contributed by atoms with Gasteiger partial charge in [-0.05, 0) is 50.7 Å². The number of carbonyl (C=O) groups excluding carboxylic acids is 1. The van der Waals surface area contributed by atoms with Crippen molar-refractivity contribution in [3.8, 4) is 0 Å². The van der Waals surface area contributed by atoms with Crippen LogP contribution in [-0.2, 0) is 10.0 Å². The highest BCUT2D eigenvalue weighted by Crippen LogP contribution is 2.18. The Morgan fingerprint density at radius 1 is 1.08 bits per heavy atom.